The van der Waals surface area contributed by atoms with E-state index < -0.39 is 316 Å². The maximum atomic E-state index is 13.6. The van der Waals surface area contributed by atoms with Crippen LogP contribution < -0.4 is 14.2 Å². The number of fused-ring (bicyclic) bond motifs is 9. The predicted molar refractivity (Wildman–Crippen MR) is 478 cm³/mol. The van der Waals surface area contributed by atoms with E-state index in [0.717, 1.165) is 0 Å². The van der Waals surface area contributed by atoms with Crippen LogP contribution in [-0.4, -0.2) is 283 Å². The first-order valence-corrected chi connectivity index (χ1v) is 44.4. The van der Waals surface area contributed by atoms with Crippen LogP contribution in [0.1, 0.15) is 234 Å². The molecule has 6 aromatic rings. The van der Waals surface area contributed by atoms with E-state index in [-0.39, 0.29) is 174 Å². The van der Waals surface area contributed by atoms with Gasteiger partial charge in [-0.25, -0.2) is 4.79 Å². The van der Waals surface area contributed by atoms with Crippen molar-refractivity contribution in [1.29, 1.82) is 0 Å². The molecule has 6 unspecified atom stereocenters. The van der Waals surface area contributed by atoms with E-state index in [1.165, 1.54) is 75.9 Å². The number of hydrogen-bond acceptors (Lipinski definition) is 34. The fourth-order valence-corrected chi connectivity index (χ4v) is 18.2. The second-order valence-corrected chi connectivity index (χ2v) is 33.7. The van der Waals surface area contributed by atoms with Gasteiger partial charge in [-0.15, -0.1) is 36.3 Å². The number of carboxylic acids is 3. The van der Waals surface area contributed by atoms with E-state index in [2.05, 4.69) is 16.0 Å². The van der Waals surface area contributed by atoms with Crippen molar-refractivity contribution in [3.05, 3.63) is 209 Å². The molecule has 3 aliphatic heterocycles. The Balaban J connectivity index is 0.000000651. The van der Waals surface area contributed by atoms with Gasteiger partial charge in [-0.3, -0.25) is 52.7 Å². The molecule has 3 saturated heterocycles. The number of benzene rings is 6. The molecule has 0 amide bonds. The van der Waals surface area contributed by atoms with Crippen molar-refractivity contribution in [3.8, 4) is 51.7 Å². The van der Waals surface area contributed by atoms with Gasteiger partial charge in [-0.1, -0.05) is 36.4 Å². The van der Waals surface area contributed by atoms with Gasteiger partial charge >= 0.3 is 88.2 Å². The Kier molecular flexibility index (Phi) is 36.9. The van der Waals surface area contributed by atoms with Crippen LogP contribution >= 0.6 is 9.42 Å². The molecule has 0 spiro atoms. The number of halogens is 1. The minimum Gasteiger partial charge on any atom is 0 e. The number of hydrogen-bond donors (Lipinski definition) is 16. The van der Waals surface area contributed by atoms with Gasteiger partial charge in [-0.05, 0) is 84.1 Å². The predicted octanol–water partition coefficient (Wildman–Crippen LogP) is 9.54. The SMILES string of the molecule is C=C(O)C(=O)O.COc1cccc2c1C(=O)c1c(O)c3c(c(O)c1C2=O)C[C@@](O)(C(=O)CO)CC3O[C@H]1C[C@H]([NH-])[C@@H]([NH-])C(C)O1.COc1cccc2c1C(=O)c1c(O)c3c(c(O)c1C2=O)C[C@@](O)(C(=O)CO)CC3O[C@H]1C[C@H]([NH-])[C@@H]([NH-])C(C)O1.COc1cccc2c1C(=O)c1c(O)c3c(c(O)c1C2=O)C[C@@](O)(C(=O)CO)CC3O[C@H]1C[C@H]([NH-])[C@@H]([NH-])C(C)O1.O=C(O)C1(C(=O)O)CCC1.[CH3-].[Cl][Pt].[HH].[HH].[HH].[HH].[HH].[HH].[Pt+2].[Pt+2]. The quantitative estimate of drug-likeness (QED) is 0.0125. The summed E-state index contributed by atoms with van der Waals surface area (Å²) in [7, 11) is 8.58. The van der Waals surface area contributed by atoms with Gasteiger partial charge in [0.05, 0.1) is 89.7 Å². The molecule has 22 N–H and O–H groups in total. The van der Waals surface area contributed by atoms with Gasteiger partial charge in [0.25, 0.3) is 0 Å². The topological polar surface area (TPSA) is 754 Å². The summed E-state index contributed by atoms with van der Waals surface area (Å²) in [5.41, 5.74) is 36.2. The second kappa shape index (κ2) is 44.9. The molecule has 1 saturated carbocycles. The molecule has 10 aliphatic rings. The van der Waals surface area contributed by atoms with E-state index in [1.807, 2.05) is 0 Å². The summed E-state index contributed by atoms with van der Waals surface area (Å²) in [4.78, 5) is 149. The van der Waals surface area contributed by atoms with Crippen molar-refractivity contribution in [3.63, 3.8) is 0 Å². The number of rotatable bonds is 18. The molecular weight excluding hydrogens is 2390 g/mol. The maximum Gasteiger partial charge on any atom is 2.00 e. The molecule has 767 valence electrons. The molecule has 7 aliphatic carbocycles. The Hall–Kier alpha value is -9.87. The number of methoxy groups -OCH3 is 3. The van der Waals surface area contributed by atoms with Crippen molar-refractivity contribution in [1.82, 2.24) is 0 Å². The second-order valence-electron chi connectivity index (χ2n) is 33.7. The van der Waals surface area contributed by atoms with Crippen LogP contribution in [0.2, 0.25) is 0 Å². The van der Waals surface area contributed by atoms with Crippen molar-refractivity contribution < 1.29 is 251 Å². The number of carbonyl (C=O) groups is 12. The average Bonchev–Trinajstić information content (AvgIpc) is 0.715. The molecule has 4 fully saturated rings. The molecule has 6 aromatic carbocycles. The molecular formula is C91H111ClN6O37Pt3-3. The minimum atomic E-state index is -2.24. The molecule has 0 aromatic heterocycles. The third-order valence-corrected chi connectivity index (χ3v) is 25.7. The first-order chi connectivity index (χ1) is 63.5. The molecule has 16 rings (SSSR count). The number of aliphatic carboxylic acids is 3. The molecule has 0 radical (unpaired) electrons. The van der Waals surface area contributed by atoms with Crippen LogP contribution in [0.15, 0.2) is 66.9 Å². The van der Waals surface area contributed by atoms with E-state index >= 15 is 0 Å². The third-order valence-electron chi connectivity index (χ3n) is 25.7. The van der Waals surface area contributed by atoms with Crippen LogP contribution in [-0.2, 0) is 137 Å². The summed E-state index contributed by atoms with van der Waals surface area (Å²) in [5.74, 6) is -16.0. The van der Waals surface area contributed by atoms with E-state index in [0.29, 0.717) is 6.42 Å². The number of nitrogens with one attached hydrogen (secondary N) is 6. The smallest absolute Gasteiger partial charge is 0 e. The van der Waals surface area contributed by atoms with Crippen molar-refractivity contribution in [2.45, 2.75) is 206 Å². The molecule has 0 bridgehead atoms. The Morgan fingerprint density at radius 2 is 0.659 bits per heavy atom. The van der Waals surface area contributed by atoms with Crippen molar-refractivity contribution in [2.24, 2.45) is 5.41 Å². The number of phenols is 6. The molecule has 138 heavy (non-hydrogen) atoms. The number of ether oxygens (including phenoxy) is 9. The van der Waals surface area contributed by atoms with Gasteiger partial charge in [0, 0.05) is 115 Å². The summed E-state index contributed by atoms with van der Waals surface area (Å²) in [5, 5.41) is 163. The summed E-state index contributed by atoms with van der Waals surface area (Å²) in [6.07, 6.45) is -11.3. The summed E-state index contributed by atoms with van der Waals surface area (Å²) in [6, 6.07) is 7.98. The summed E-state index contributed by atoms with van der Waals surface area (Å²) >= 11 is 1.61. The molecule has 3 heterocycles. The number of ketones is 9. The zero-order valence-corrected chi connectivity index (χ0v) is 81.8. The molecule has 47 heteroatoms. The third kappa shape index (κ3) is 20.8. The number of phenolic OH excluding ortho intramolecular Hbond substituents is 6. The van der Waals surface area contributed by atoms with E-state index in [9.17, 15) is 119 Å². The standard InChI is InChI=1S/3C27H28N2O10.C6H8O4.C3H4O3.CH3.ClH.3Pt.6H2/c3*1-10-22(29)13(28)6-17(38-10)39-15-8-27(36,16(31)9-30)7-12-19(15)26(35)21-20(24(12)33)23(32)11-4-3-5-14(37-2)18(11)25(21)34;7-4(8)6(5(9)10)2-1-3-6;1-2(4)3(5)6;;;;;;;;;;;/h3*3-5,10,13,15,17,22,28-30,33,35-36H,6-9H2,1-2H3;1-3H2,(H,7,8)(H,9,10);4H,1H2,(H,5,6);1H3;1H;;;;6*1H/q3*-2;;;-1;;+1;2*+2;;;;;;/p-1/t3*10?,13-,15?,17-,22-,27-;;;;;;;;;;;;;/m000............./s1. The van der Waals surface area contributed by atoms with E-state index in [4.69, 9.17) is 97.5 Å². The Bertz CT molecular complexity index is 5320. The van der Waals surface area contributed by atoms with Crippen molar-refractivity contribution >= 4 is 79.4 Å². The molecule has 18 atom stereocenters. The van der Waals surface area contributed by atoms with Crippen LogP contribution in [0.4, 0.5) is 0 Å². The van der Waals surface area contributed by atoms with Crippen molar-refractivity contribution in [2.75, 3.05) is 41.2 Å². The maximum absolute atomic E-state index is 13.6. The average molecular weight is 2500 g/mol. The Morgan fingerprint density at radius 3 is 0.841 bits per heavy atom. The monoisotopic (exact) mass is 2500 g/mol. The summed E-state index contributed by atoms with van der Waals surface area (Å²) in [6.45, 7) is 4.45. The van der Waals surface area contributed by atoms with Crippen LogP contribution in [0, 0.1) is 12.8 Å². The van der Waals surface area contributed by atoms with Gasteiger partial charge in [0.15, 0.2) is 64.7 Å². The molecule has 43 nitrogen and oxygen atoms in total. The fraction of sp³-hybridized carbons (Fsp3) is 0.440. The largest absolute Gasteiger partial charge is 2.00 e. The number of aromatic hydroxyl groups is 6. The van der Waals surface area contributed by atoms with Gasteiger partial charge in [0.2, 0.25) is 17.3 Å². The summed E-state index contributed by atoms with van der Waals surface area (Å²) < 4.78 is 51.0. The van der Waals surface area contributed by atoms with Gasteiger partial charge in [-0.2, -0.15) is 0 Å². The number of aliphatic hydroxyl groups excluding tert-OH is 4. The number of Topliss-reactive ketones (excluding diaryl/α,β-unsaturated/α-hetero) is 3. The van der Waals surface area contributed by atoms with Gasteiger partial charge < -0.3 is 166 Å². The Labute approximate surface area is 839 Å². The first kappa shape index (κ1) is 113. The van der Waals surface area contributed by atoms with Crippen LogP contribution in [0.3, 0.4) is 0 Å². The fourth-order valence-electron chi connectivity index (χ4n) is 18.2. The zero-order chi connectivity index (χ0) is 100. The van der Waals surface area contributed by atoms with Gasteiger partial charge in [0.1, 0.15) is 88.4 Å². The van der Waals surface area contributed by atoms with E-state index in [1.54, 1.807) is 39.5 Å². The van der Waals surface area contributed by atoms with Crippen LogP contribution in [0.25, 0.3) is 34.4 Å². The van der Waals surface area contributed by atoms with Crippen LogP contribution in [0.5, 0.6) is 51.7 Å². The first-order valence-electron chi connectivity index (χ1n) is 41.6. The number of aliphatic hydroxyl groups is 7. The zero-order valence-electron chi connectivity index (χ0n) is 74.2. The Morgan fingerprint density at radius 1 is 0.428 bits per heavy atom. The minimum absolute atomic E-state index is 0. The number of carboxylic acid groups (broad SMARTS) is 3. The normalized spacial score (nSPS) is 27.2. The number of carbonyl (C=O) groups excluding carboxylic acids is 9.